The quantitative estimate of drug-likeness (QED) is 0.335. The molecule has 8 heteroatoms. The summed E-state index contributed by atoms with van der Waals surface area (Å²) in [6.45, 7) is 5.52. The van der Waals surface area contributed by atoms with Crippen LogP contribution < -0.4 is 15.5 Å². The molecule has 1 aliphatic rings. The molecule has 2 atom stereocenters. The third kappa shape index (κ3) is 5.45. The van der Waals surface area contributed by atoms with Crippen LogP contribution in [0.4, 0.5) is 0 Å². The van der Waals surface area contributed by atoms with Crippen LogP contribution in [0.15, 0.2) is 29.2 Å². The highest BCUT2D eigenvalue weighted by Crippen LogP contribution is 2.38. The third-order valence-corrected chi connectivity index (χ3v) is 6.55. The fraction of sp³-hybridized carbons (Fsp3) is 0.526. The number of carbonyl (C=O) groups excluding carboxylic acids is 1. The first-order valence-corrected chi connectivity index (χ1v) is 10.4. The normalized spacial score (nSPS) is 16.2. The predicted molar refractivity (Wildman–Crippen MR) is 101 cm³/mol. The standard InChI is InChI=1S/C19H26N2O5S/c1-4-5-12-26-15-8-10-16(11-9-15)27(24,25)19(14-6-7-14)20-17(13(2)3)18(22)21-23/h8-11,13-14,17,19-20,23H,6-7,12H2,1-3H3,(H,21,22). The van der Waals surface area contributed by atoms with Gasteiger partial charge in [0.15, 0.2) is 9.84 Å². The van der Waals surface area contributed by atoms with E-state index in [0.29, 0.717) is 5.75 Å². The van der Waals surface area contributed by atoms with E-state index in [1.54, 1.807) is 38.4 Å². The van der Waals surface area contributed by atoms with Gasteiger partial charge < -0.3 is 4.74 Å². The van der Waals surface area contributed by atoms with Crippen molar-refractivity contribution in [3.05, 3.63) is 24.3 Å². The number of carbonyl (C=O) groups is 1. The molecule has 0 bridgehead atoms. The minimum absolute atomic E-state index is 0.0569. The van der Waals surface area contributed by atoms with Gasteiger partial charge in [0.25, 0.3) is 5.91 Å². The maximum atomic E-state index is 13.1. The third-order valence-electron chi connectivity index (χ3n) is 4.43. The molecular formula is C19H26N2O5S. The fourth-order valence-electron chi connectivity index (χ4n) is 2.76. The second kappa shape index (κ2) is 9.22. The minimum Gasteiger partial charge on any atom is -0.481 e. The van der Waals surface area contributed by atoms with Gasteiger partial charge in [-0.2, -0.15) is 0 Å². The molecule has 27 heavy (non-hydrogen) atoms. The molecule has 7 nitrogen and oxygen atoms in total. The fourth-order valence-corrected chi connectivity index (χ4v) is 4.67. The second-order valence-corrected chi connectivity index (χ2v) is 8.92. The van der Waals surface area contributed by atoms with Crippen LogP contribution in [0.2, 0.25) is 0 Å². The van der Waals surface area contributed by atoms with Crippen molar-refractivity contribution >= 4 is 15.7 Å². The lowest BCUT2D eigenvalue weighted by Gasteiger charge is -2.27. The van der Waals surface area contributed by atoms with E-state index in [2.05, 4.69) is 17.2 Å². The number of sulfone groups is 1. The molecule has 148 valence electrons. The molecule has 0 radical (unpaired) electrons. The van der Waals surface area contributed by atoms with Crippen LogP contribution in [0.1, 0.15) is 33.6 Å². The first-order chi connectivity index (χ1) is 12.8. The largest absolute Gasteiger partial charge is 0.481 e. The average Bonchev–Trinajstić information content (AvgIpc) is 3.47. The van der Waals surface area contributed by atoms with E-state index in [0.717, 1.165) is 12.8 Å². The van der Waals surface area contributed by atoms with Gasteiger partial charge in [0.2, 0.25) is 0 Å². The van der Waals surface area contributed by atoms with Gasteiger partial charge in [-0.3, -0.25) is 15.3 Å². The smallest absolute Gasteiger partial charge is 0.260 e. The van der Waals surface area contributed by atoms with Gasteiger partial charge in [-0.25, -0.2) is 13.9 Å². The zero-order chi connectivity index (χ0) is 20.0. The number of benzene rings is 1. The molecule has 0 spiro atoms. The van der Waals surface area contributed by atoms with Crippen molar-refractivity contribution in [3.63, 3.8) is 0 Å². The summed E-state index contributed by atoms with van der Waals surface area (Å²) in [6.07, 6.45) is 1.55. The van der Waals surface area contributed by atoms with Crippen molar-refractivity contribution in [2.24, 2.45) is 11.8 Å². The highest BCUT2D eigenvalue weighted by molar-refractivity contribution is 7.92. The topological polar surface area (TPSA) is 105 Å². The molecule has 1 fully saturated rings. The Morgan fingerprint density at radius 2 is 1.93 bits per heavy atom. The maximum absolute atomic E-state index is 13.1. The first kappa shape index (κ1) is 21.2. The Kier molecular flexibility index (Phi) is 7.25. The van der Waals surface area contributed by atoms with Crippen molar-refractivity contribution in [1.29, 1.82) is 0 Å². The lowest BCUT2D eigenvalue weighted by atomic mass is 10.0. The monoisotopic (exact) mass is 394 g/mol. The van der Waals surface area contributed by atoms with Gasteiger partial charge in [0.05, 0.1) is 10.9 Å². The molecule has 0 aliphatic heterocycles. The summed E-state index contributed by atoms with van der Waals surface area (Å²) in [5.41, 5.74) is 1.61. The van der Waals surface area contributed by atoms with Crippen LogP contribution in [0.3, 0.4) is 0 Å². The molecule has 2 rings (SSSR count). The molecule has 1 saturated carbocycles. The van der Waals surface area contributed by atoms with Crippen LogP contribution >= 0.6 is 0 Å². The summed E-state index contributed by atoms with van der Waals surface area (Å²) < 4.78 is 31.7. The lowest BCUT2D eigenvalue weighted by Crippen LogP contribution is -2.53. The van der Waals surface area contributed by atoms with E-state index < -0.39 is 27.2 Å². The van der Waals surface area contributed by atoms with E-state index in [-0.39, 0.29) is 23.3 Å². The summed E-state index contributed by atoms with van der Waals surface area (Å²) in [5, 5.41) is 11.0. The Bertz CT molecular complexity index is 805. The molecule has 1 aliphatic carbocycles. The van der Waals surface area contributed by atoms with E-state index in [1.807, 2.05) is 0 Å². The molecule has 1 aromatic rings. The number of hydroxylamine groups is 1. The van der Waals surface area contributed by atoms with Gasteiger partial charge in [-0.15, -0.1) is 5.92 Å². The van der Waals surface area contributed by atoms with Crippen LogP contribution in [-0.4, -0.2) is 37.6 Å². The Balaban J connectivity index is 2.22. The van der Waals surface area contributed by atoms with Gasteiger partial charge in [0.1, 0.15) is 17.7 Å². The van der Waals surface area contributed by atoms with E-state index in [9.17, 15) is 13.2 Å². The number of hydrogen-bond donors (Lipinski definition) is 3. The van der Waals surface area contributed by atoms with E-state index in [1.165, 1.54) is 12.1 Å². The molecule has 1 aromatic carbocycles. The summed E-state index contributed by atoms with van der Waals surface area (Å²) in [5.74, 6) is 5.13. The van der Waals surface area contributed by atoms with Crippen molar-refractivity contribution in [1.82, 2.24) is 10.8 Å². The summed E-state index contributed by atoms with van der Waals surface area (Å²) in [4.78, 5) is 12.1. The van der Waals surface area contributed by atoms with E-state index in [4.69, 9.17) is 9.94 Å². The highest BCUT2D eigenvalue weighted by atomic mass is 32.2. The van der Waals surface area contributed by atoms with Gasteiger partial charge >= 0.3 is 0 Å². The Hall–Kier alpha value is -2.08. The zero-order valence-corrected chi connectivity index (χ0v) is 16.5. The van der Waals surface area contributed by atoms with Gasteiger partial charge in [0, 0.05) is 0 Å². The second-order valence-electron chi connectivity index (χ2n) is 6.85. The Morgan fingerprint density at radius 1 is 1.30 bits per heavy atom. The molecule has 0 aromatic heterocycles. The van der Waals surface area contributed by atoms with Crippen LogP contribution in [0, 0.1) is 23.7 Å². The predicted octanol–water partition coefficient (Wildman–Crippen LogP) is 1.72. The lowest BCUT2D eigenvalue weighted by molar-refractivity contribution is -0.132. The Labute approximate surface area is 160 Å². The molecule has 2 unspecified atom stereocenters. The molecular weight excluding hydrogens is 368 g/mol. The number of nitrogens with one attached hydrogen (secondary N) is 2. The number of hydrogen-bond acceptors (Lipinski definition) is 6. The van der Waals surface area contributed by atoms with Crippen LogP contribution in [-0.2, 0) is 14.6 Å². The van der Waals surface area contributed by atoms with Crippen molar-refractivity contribution < 1.29 is 23.2 Å². The molecule has 1 amide bonds. The number of ether oxygens (including phenoxy) is 1. The molecule has 0 saturated heterocycles. The van der Waals surface area contributed by atoms with E-state index >= 15 is 0 Å². The summed E-state index contributed by atoms with van der Waals surface area (Å²) >= 11 is 0. The van der Waals surface area contributed by atoms with Crippen molar-refractivity contribution in [2.75, 3.05) is 6.61 Å². The SMILES string of the molecule is CC#CCOc1ccc(S(=O)(=O)C(NC(C(=O)NO)C(C)C)C2CC2)cc1. The minimum atomic E-state index is -3.71. The molecule has 3 N–H and O–H groups in total. The molecule has 0 heterocycles. The average molecular weight is 394 g/mol. The summed E-state index contributed by atoms with van der Waals surface area (Å²) in [7, 11) is -3.71. The van der Waals surface area contributed by atoms with Gasteiger partial charge in [-0.05, 0) is 55.9 Å². The number of rotatable bonds is 9. The van der Waals surface area contributed by atoms with Crippen LogP contribution in [0.5, 0.6) is 5.75 Å². The first-order valence-electron chi connectivity index (χ1n) is 8.87. The number of amides is 1. The van der Waals surface area contributed by atoms with Crippen LogP contribution in [0.25, 0.3) is 0 Å². The maximum Gasteiger partial charge on any atom is 0.260 e. The summed E-state index contributed by atoms with van der Waals surface area (Å²) in [6, 6.07) is 5.36. The van der Waals surface area contributed by atoms with Gasteiger partial charge in [-0.1, -0.05) is 19.8 Å². The van der Waals surface area contributed by atoms with Crippen molar-refractivity contribution in [3.8, 4) is 17.6 Å². The Morgan fingerprint density at radius 3 is 2.41 bits per heavy atom. The zero-order valence-electron chi connectivity index (χ0n) is 15.7. The highest BCUT2D eigenvalue weighted by Gasteiger charge is 2.43. The van der Waals surface area contributed by atoms with Crippen molar-refractivity contribution in [2.45, 2.75) is 49.9 Å².